The molecule has 1 spiro atoms. The highest BCUT2D eigenvalue weighted by atomic mass is 16.5. The summed E-state index contributed by atoms with van der Waals surface area (Å²) in [6.45, 7) is 5.62. The van der Waals surface area contributed by atoms with Crippen LogP contribution in [0.4, 0.5) is 0 Å². The Morgan fingerprint density at radius 3 is 2.65 bits per heavy atom. The maximum Gasteiger partial charge on any atom is 0.0708 e. The predicted molar refractivity (Wildman–Crippen MR) is 72.3 cm³/mol. The molecule has 2 unspecified atom stereocenters. The molecule has 0 aromatic rings. The Labute approximate surface area is 107 Å². The van der Waals surface area contributed by atoms with Crippen LogP contribution in [-0.4, -0.2) is 24.3 Å². The van der Waals surface area contributed by atoms with Gasteiger partial charge in [0.2, 0.25) is 0 Å². The van der Waals surface area contributed by atoms with Gasteiger partial charge in [0.1, 0.15) is 0 Å². The lowest BCUT2D eigenvalue weighted by Crippen LogP contribution is -2.36. The van der Waals surface area contributed by atoms with E-state index in [9.17, 15) is 0 Å². The van der Waals surface area contributed by atoms with E-state index in [0.717, 1.165) is 6.54 Å². The third-order valence-corrected chi connectivity index (χ3v) is 4.62. The summed E-state index contributed by atoms with van der Waals surface area (Å²) >= 11 is 0. The minimum atomic E-state index is 0.304. The molecule has 0 aromatic heterocycles. The van der Waals surface area contributed by atoms with Crippen LogP contribution in [0, 0.1) is 0 Å². The number of rotatable bonds is 6. The Morgan fingerprint density at radius 1 is 1.24 bits per heavy atom. The van der Waals surface area contributed by atoms with E-state index in [-0.39, 0.29) is 0 Å². The lowest BCUT2D eigenvalue weighted by molar-refractivity contribution is -0.0359. The molecule has 2 nitrogen and oxygen atoms in total. The fourth-order valence-corrected chi connectivity index (χ4v) is 3.52. The maximum atomic E-state index is 6.32. The monoisotopic (exact) mass is 239 g/mol. The summed E-state index contributed by atoms with van der Waals surface area (Å²) in [7, 11) is 0. The molecule has 0 bridgehead atoms. The van der Waals surface area contributed by atoms with E-state index in [1.54, 1.807) is 0 Å². The molecule has 1 saturated heterocycles. The smallest absolute Gasteiger partial charge is 0.0708 e. The van der Waals surface area contributed by atoms with Crippen LogP contribution in [-0.2, 0) is 4.74 Å². The lowest BCUT2D eigenvalue weighted by Gasteiger charge is -2.25. The minimum absolute atomic E-state index is 0.304. The first kappa shape index (κ1) is 13.4. The van der Waals surface area contributed by atoms with Gasteiger partial charge in [-0.05, 0) is 38.5 Å². The molecule has 0 amide bonds. The number of ether oxygens (including phenoxy) is 1. The lowest BCUT2D eigenvalue weighted by atomic mass is 9.98. The summed E-state index contributed by atoms with van der Waals surface area (Å²) in [5.74, 6) is 0. The van der Waals surface area contributed by atoms with Gasteiger partial charge in [0.25, 0.3) is 0 Å². The van der Waals surface area contributed by atoms with E-state index in [2.05, 4.69) is 19.2 Å². The van der Waals surface area contributed by atoms with E-state index in [1.165, 1.54) is 57.8 Å². The van der Waals surface area contributed by atoms with Crippen molar-refractivity contribution in [1.29, 1.82) is 0 Å². The highest BCUT2D eigenvalue weighted by Gasteiger charge is 2.41. The first-order valence-electron chi connectivity index (χ1n) is 7.69. The molecule has 17 heavy (non-hydrogen) atoms. The predicted octanol–water partition coefficient (Wildman–Crippen LogP) is 3.65. The standard InChI is InChI=1S/C15H29NO/c1-3-7-13(4-2)16-12-14-8-11-15(17-14)9-5-6-10-15/h13-14,16H,3-12H2,1-2H3. The molecule has 2 heteroatoms. The first-order chi connectivity index (χ1) is 8.28. The molecule has 100 valence electrons. The van der Waals surface area contributed by atoms with Crippen LogP contribution in [0.3, 0.4) is 0 Å². The molecular formula is C15H29NO. The van der Waals surface area contributed by atoms with Crippen LogP contribution in [0.5, 0.6) is 0 Å². The summed E-state index contributed by atoms with van der Waals surface area (Å²) in [6.07, 6.45) is 12.3. The zero-order chi connectivity index (χ0) is 12.1. The summed E-state index contributed by atoms with van der Waals surface area (Å²) < 4.78 is 6.32. The van der Waals surface area contributed by atoms with Crippen LogP contribution in [0.15, 0.2) is 0 Å². The molecule has 1 aliphatic carbocycles. The average molecular weight is 239 g/mol. The molecule has 1 aliphatic heterocycles. The van der Waals surface area contributed by atoms with Crippen molar-refractivity contribution in [2.45, 2.75) is 89.4 Å². The third kappa shape index (κ3) is 3.45. The van der Waals surface area contributed by atoms with Gasteiger partial charge in [-0.1, -0.05) is 33.1 Å². The minimum Gasteiger partial charge on any atom is -0.370 e. The molecule has 2 aliphatic rings. The highest BCUT2D eigenvalue weighted by Crippen LogP contribution is 2.43. The van der Waals surface area contributed by atoms with Gasteiger partial charge in [-0.25, -0.2) is 0 Å². The van der Waals surface area contributed by atoms with Crippen molar-refractivity contribution in [3.63, 3.8) is 0 Å². The van der Waals surface area contributed by atoms with Gasteiger partial charge >= 0.3 is 0 Å². The molecular weight excluding hydrogens is 210 g/mol. The van der Waals surface area contributed by atoms with Gasteiger partial charge in [0, 0.05) is 12.6 Å². The van der Waals surface area contributed by atoms with Crippen molar-refractivity contribution in [3.8, 4) is 0 Å². The topological polar surface area (TPSA) is 21.3 Å². The van der Waals surface area contributed by atoms with E-state index in [0.29, 0.717) is 17.7 Å². The highest BCUT2D eigenvalue weighted by molar-refractivity contribution is 4.93. The summed E-state index contributed by atoms with van der Waals surface area (Å²) in [5.41, 5.74) is 0.304. The molecule has 0 radical (unpaired) electrons. The summed E-state index contributed by atoms with van der Waals surface area (Å²) in [4.78, 5) is 0. The zero-order valence-electron chi connectivity index (χ0n) is 11.6. The largest absolute Gasteiger partial charge is 0.370 e. The van der Waals surface area contributed by atoms with Crippen molar-refractivity contribution < 1.29 is 4.74 Å². The molecule has 1 heterocycles. The molecule has 2 atom stereocenters. The van der Waals surface area contributed by atoms with Crippen molar-refractivity contribution in [1.82, 2.24) is 5.32 Å². The van der Waals surface area contributed by atoms with E-state index in [1.807, 2.05) is 0 Å². The zero-order valence-corrected chi connectivity index (χ0v) is 11.6. The third-order valence-electron chi connectivity index (χ3n) is 4.62. The van der Waals surface area contributed by atoms with Crippen LogP contribution in [0.2, 0.25) is 0 Å². The van der Waals surface area contributed by atoms with Gasteiger partial charge in [0.05, 0.1) is 11.7 Å². The maximum absolute atomic E-state index is 6.32. The average Bonchev–Trinajstić information content (AvgIpc) is 2.96. The molecule has 2 rings (SSSR count). The summed E-state index contributed by atoms with van der Waals surface area (Å²) in [5, 5.41) is 3.69. The molecule has 2 fully saturated rings. The second-order valence-corrected chi connectivity index (χ2v) is 5.97. The first-order valence-corrected chi connectivity index (χ1v) is 7.69. The van der Waals surface area contributed by atoms with Crippen LogP contribution in [0.1, 0.15) is 71.6 Å². The Bertz CT molecular complexity index is 223. The van der Waals surface area contributed by atoms with Gasteiger partial charge in [-0.2, -0.15) is 0 Å². The molecule has 1 saturated carbocycles. The van der Waals surface area contributed by atoms with Crippen LogP contribution >= 0.6 is 0 Å². The van der Waals surface area contributed by atoms with Gasteiger partial charge < -0.3 is 10.1 Å². The Morgan fingerprint density at radius 2 is 2.00 bits per heavy atom. The number of hydrogen-bond donors (Lipinski definition) is 1. The second-order valence-electron chi connectivity index (χ2n) is 5.97. The van der Waals surface area contributed by atoms with Gasteiger partial charge in [-0.3, -0.25) is 0 Å². The van der Waals surface area contributed by atoms with E-state index in [4.69, 9.17) is 4.74 Å². The molecule has 1 N–H and O–H groups in total. The molecule has 0 aromatic carbocycles. The van der Waals surface area contributed by atoms with Gasteiger partial charge in [-0.15, -0.1) is 0 Å². The van der Waals surface area contributed by atoms with E-state index < -0.39 is 0 Å². The van der Waals surface area contributed by atoms with Gasteiger partial charge in [0.15, 0.2) is 0 Å². The summed E-state index contributed by atoms with van der Waals surface area (Å²) in [6, 6.07) is 0.698. The van der Waals surface area contributed by atoms with E-state index >= 15 is 0 Å². The van der Waals surface area contributed by atoms with Crippen molar-refractivity contribution >= 4 is 0 Å². The number of hydrogen-bond acceptors (Lipinski definition) is 2. The Kier molecular flexibility index (Phi) is 4.87. The second kappa shape index (κ2) is 6.19. The fourth-order valence-electron chi connectivity index (χ4n) is 3.52. The van der Waals surface area contributed by atoms with Crippen molar-refractivity contribution in [2.24, 2.45) is 0 Å². The van der Waals surface area contributed by atoms with Crippen LogP contribution < -0.4 is 5.32 Å². The Balaban J connectivity index is 1.70. The normalized spacial score (nSPS) is 28.9. The van der Waals surface area contributed by atoms with Crippen LogP contribution in [0.25, 0.3) is 0 Å². The SMILES string of the molecule is CCCC(CC)NCC1CCC2(CCCC2)O1. The quantitative estimate of drug-likeness (QED) is 0.764. The Hall–Kier alpha value is -0.0800. The number of nitrogens with one attached hydrogen (secondary N) is 1. The van der Waals surface area contributed by atoms with Crippen molar-refractivity contribution in [2.75, 3.05) is 6.54 Å². The fraction of sp³-hybridized carbons (Fsp3) is 1.00. The van der Waals surface area contributed by atoms with Crippen molar-refractivity contribution in [3.05, 3.63) is 0 Å².